The predicted molar refractivity (Wildman–Crippen MR) is 53.1 cm³/mol. The monoisotopic (exact) mass is 284 g/mol. The largest absolute Gasteiger partial charge is 1.00 e. The zero-order chi connectivity index (χ0) is 10.1. The summed E-state index contributed by atoms with van der Waals surface area (Å²) in [6.45, 7) is 2.88. The molecule has 0 saturated heterocycles. The predicted octanol–water partition coefficient (Wildman–Crippen LogP) is -3.59. The van der Waals surface area contributed by atoms with Gasteiger partial charge in [0.15, 0.2) is 5.12 Å². The molecule has 84 valence electrons. The summed E-state index contributed by atoms with van der Waals surface area (Å²) in [4.78, 5) is 21.5. The molecule has 0 aromatic carbocycles. The van der Waals surface area contributed by atoms with Crippen LogP contribution in [0.5, 0.6) is 0 Å². The maximum atomic E-state index is 11.0. The number of carbonyl (C=O) groups excluding carboxylic acids is 2. The molecule has 1 amide bonds. The fourth-order valence-electron chi connectivity index (χ4n) is 0.759. The Morgan fingerprint density at radius 2 is 2.07 bits per heavy atom. The molecule has 0 atom stereocenters. The topological polar surface area (TPSA) is 73.8 Å². The van der Waals surface area contributed by atoms with Crippen LogP contribution in [0.4, 0.5) is 0 Å². The molecule has 0 saturated carbocycles. The van der Waals surface area contributed by atoms with Crippen LogP contribution in [0.1, 0.15) is 19.8 Å². The van der Waals surface area contributed by atoms with E-state index in [0.717, 1.165) is 13.0 Å². The number of hydrogen-bond acceptors (Lipinski definition) is 3. The van der Waals surface area contributed by atoms with Crippen molar-refractivity contribution in [3.8, 4) is 0 Å². The number of halogens is 1. The maximum absolute atomic E-state index is 11.0. The van der Waals surface area contributed by atoms with E-state index in [-0.39, 0.29) is 28.0 Å². The lowest BCUT2D eigenvalue weighted by atomic mass is 10.3. The van der Waals surface area contributed by atoms with E-state index in [1.54, 1.807) is 0 Å². The molecule has 0 aliphatic rings. The van der Waals surface area contributed by atoms with Gasteiger partial charge < -0.3 is 28.0 Å². The van der Waals surface area contributed by atoms with E-state index in [2.05, 4.69) is 11.1 Å². The normalized spacial score (nSPS) is 9.00. The number of nitrogens with one attached hydrogen (secondary N) is 1. The summed E-state index contributed by atoms with van der Waals surface area (Å²) in [5.41, 5.74) is 3.65. The molecule has 4 N–H and O–H groups in total. The highest BCUT2D eigenvalue weighted by molar-refractivity contribution is 8.13. The van der Waals surface area contributed by atoms with Crippen LogP contribution in [-0.4, -0.2) is 29.9 Å². The Bertz CT molecular complexity index is 179. The molecule has 6 heteroatoms. The molecule has 0 rings (SSSR count). The summed E-state index contributed by atoms with van der Waals surface area (Å²) < 4.78 is 0. The van der Waals surface area contributed by atoms with Crippen LogP contribution in [0.2, 0.25) is 0 Å². The van der Waals surface area contributed by atoms with Gasteiger partial charge in [0.25, 0.3) is 0 Å². The molecule has 0 radical (unpaired) electrons. The highest BCUT2D eigenvalue weighted by Crippen LogP contribution is 1.98. The minimum absolute atomic E-state index is 0. The van der Waals surface area contributed by atoms with E-state index in [9.17, 15) is 9.59 Å². The van der Waals surface area contributed by atoms with Crippen molar-refractivity contribution >= 4 is 22.8 Å². The van der Waals surface area contributed by atoms with Gasteiger partial charge in [0.05, 0.1) is 6.54 Å². The van der Waals surface area contributed by atoms with Gasteiger partial charge in [-0.3, -0.25) is 9.59 Å². The minimum Gasteiger partial charge on any atom is -1.00 e. The molecule has 0 heterocycles. The second-order valence-corrected chi connectivity index (χ2v) is 3.92. The number of quaternary nitrogens is 1. The zero-order valence-corrected chi connectivity index (χ0v) is 10.7. The number of amides is 1. The van der Waals surface area contributed by atoms with Crippen LogP contribution in [0.3, 0.4) is 0 Å². The van der Waals surface area contributed by atoms with Crippen molar-refractivity contribution in [1.29, 1.82) is 0 Å². The molecule has 4 nitrogen and oxygen atoms in total. The van der Waals surface area contributed by atoms with Gasteiger partial charge in [0.2, 0.25) is 5.91 Å². The molecular formula is C8H17BrN2O2S. The lowest BCUT2D eigenvalue weighted by molar-refractivity contribution is -0.368. The third-order valence-corrected chi connectivity index (χ3v) is 2.20. The van der Waals surface area contributed by atoms with Crippen molar-refractivity contribution in [3.05, 3.63) is 0 Å². The van der Waals surface area contributed by atoms with Crippen molar-refractivity contribution in [2.45, 2.75) is 19.8 Å². The quantitative estimate of drug-likeness (QED) is 0.495. The van der Waals surface area contributed by atoms with E-state index in [0.29, 0.717) is 18.7 Å². The van der Waals surface area contributed by atoms with Crippen molar-refractivity contribution in [3.63, 3.8) is 0 Å². The molecule has 0 aliphatic heterocycles. The average Bonchev–Trinajstić information content (AvgIpc) is 2.08. The third kappa shape index (κ3) is 11.9. The fraction of sp³-hybridized carbons (Fsp3) is 0.750. The Morgan fingerprint density at radius 3 is 2.57 bits per heavy atom. The lowest BCUT2D eigenvalue weighted by Gasteiger charge is -2.02. The number of carbonyl (C=O) groups is 2. The van der Waals surface area contributed by atoms with Gasteiger partial charge in [-0.2, -0.15) is 0 Å². The van der Waals surface area contributed by atoms with Crippen LogP contribution in [0, 0.1) is 0 Å². The number of hydrogen-bond donors (Lipinski definition) is 2. The highest BCUT2D eigenvalue weighted by atomic mass is 79.9. The van der Waals surface area contributed by atoms with E-state index >= 15 is 0 Å². The van der Waals surface area contributed by atoms with E-state index in [1.165, 1.54) is 18.7 Å². The maximum Gasteiger partial charge on any atom is 0.220 e. The molecular weight excluding hydrogens is 268 g/mol. The van der Waals surface area contributed by atoms with Crippen LogP contribution < -0.4 is 28.0 Å². The summed E-state index contributed by atoms with van der Waals surface area (Å²) in [5, 5.41) is 2.82. The molecule has 0 aromatic heterocycles. The zero-order valence-electron chi connectivity index (χ0n) is 8.35. The number of rotatable bonds is 6. The smallest absolute Gasteiger partial charge is 0.220 e. The van der Waals surface area contributed by atoms with Crippen molar-refractivity contribution in [2.24, 2.45) is 0 Å². The molecule has 0 aromatic rings. The first kappa shape index (κ1) is 16.4. The standard InChI is InChI=1S/C8H16N2O2S.BrH/c1-7(11)13-6-5-10-8(12)3-2-4-9;/h2-6,9H2,1H3,(H,10,12);1H. The summed E-state index contributed by atoms with van der Waals surface area (Å²) in [5.74, 6) is 0.707. The first-order valence-corrected chi connectivity index (χ1v) is 5.34. The van der Waals surface area contributed by atoms with Crippen LogP contribution >= 0.6 is 11.8 Å². The third-order valence-electron chi connectivity index (χ3n) is 1.38. The molecule has 14 heavy (non-hydrogen) atoms. The first-order chi connectivity index (χ1) is 6.16. The van der Waals surface area contributed by atoms with Crippen molar-refractivity contribution in [1.82, 2.24) is 5.32 Å². The van der Waals surface area contributed by atoms with Gasteiger partial charge in [-0.1, -0.05) is 11.8 Å². The van der Waals surface area contributed by atoms with Crippen molar-refractivity contribution in [2.75, 3.05) is 18.8 Å². The summed E-state index contributed by atoms with van der Waals surface area (Å²) in [6.07, 6.45) is 1.36. The Balaban J connectivity index is 0. The molecule has 0 fully saturated rings. The van der Waals surface area contributed by atoms with Gasteiger partial charge in [-0.15, -0.1) is 0 Å². The van der Waals surface area contributed by atoms with E-state index < -0.39 is 0 Å². The van der Waals surface area contributed by atoms with Gasteiger partial charge in [0.1, 0.15) is 0 Å². The Labute approximate surface area is 99.1 Å². The van der Waals surface area contributed by atoms with Crippen LogP contribution in [-0.2, 0) is 9.59 Å². The average molecular weight is 285 g/mol. The Hall–Kier alpha value is -0.0700. The van der Waals surface area contributed by atoms with E-state index in [4.69, 9.17) is 0 Å². The van der Waals surface area contributed by atoms with Gasteiger partial charge in [-0.05, 0) is 0 Å². The van der Waals surface area contributed by atoms with Crippen molar-refractivity contribution < 1.29 is 32.3 Å². The van der Waals surface area contributed by atoms with E-state index in [1.807, 2.05) is 0 Å². The van der Waals surface area contributed by atoms with Gasteiger partial charge in [0, 0.05) is 32.1 Å². The minimum atomic E-state index is 0. The van der Waals surface area contributed by atoms with Gasteiger partial charge >= 0.3 is 0 Å². The fourth-order valence-corrected chi connectivity index (χ4v) is 1.25. The molecule has 0 bridgehead atoms. The second kappa shape index (κ2) is 11.0. The van der Waals surface area contributed by atoms with Crippen LogP contribution in [0.25, 0.3) is 0 Å². The number of thioether (sulfide) groups is 1. The summed E-state index contributed by atoms with van der Waals surface area (Å²) in [7, 11) is 0. The highest BCUT2D eigenvalue weighted by Gasteiger charge is 2.00. The molecule has 0 unspecified atom stereocenters. The lowest BCUT2D eigenvalue weighted by Crippen LogP contribution is -3.00. The summed E-state index contributed by atoms with van der Waals surface area (Å²) in [6, 6.07) is 0. The molecule has 0 aliphatic carbocycles. The Morgan fingerprint density at radius 1 is 1.43 bits per heavy atom. The summed E-state index contributed by atoms with van der Waals surface area (Å²) >= 11 is 1.23. The molecule has 0 spiro atoms. The Kier molecular flexibility index (Phi) is 12.9. The SMILES string of the molecule is CC(=O)SCCNC(=O)CCC[NH3+].[Br-]. The second-order valence-electron chi connectivity index (χ2n) is 2.65. The van der Waals surface area contributed by atoms with Crippen LogP contribution in [0.15, 0.2) is 0 Å². The van der Waals surface area contributed by atoms with Gasteiger partial charge in [-0.25, -0.2) is 0 Å². The first-order valence-electron chi connectivity index (χ1n) is 4.36.